The molecule has 0 fully saturated rings. The highest BCUT2D eigenvalue weighted by molar-refractivity contribution is 6.17. The smallest absolute Gasteiger partial charge is 0.198 e. The molecule has 2 aromatic carbocycles. The molecule has 4 heteroatoms. The van der Waals surface area contributed by atoms with E-state index >= 15 is 0 Å². The fourth-order valence-corrected chi connectivity index (χ4v) is 2.47. The number of nitrogens with one attached hydrogen (secondary N) is 1. The lowest BCUT2D eigenvalue weighted by molar-refractivity contribution is 0.103. The van der Waals surface area contributed by atoms with Crippen LogP contribution in [-0.4, -0.2) is 17.9 Å². The number of carbonyl (C=O) groups excluding carboxylic acids is 1. The van der Waals surface area contributed by atoms with Gasteiger partial charge in [-0.25, -0.2) is 0 Å². The Morgan fingerprint density at radius 3 is 2.71 bits per heavy atom. The maximum atomic E-state index is 12.8. The quantitative estimate of drug-likeness (QED) is 0.571. The van der Waals surface area contributed by atoms with Crippen LogP contribution in [0.15, 0.2) is 42.6 Å². The molecule has 106 valence electrons. The summed E-state index contributed by atoms with van der Waals surface area (Å²) in [6.07, 6.45) is 1.73. The largest absolute Gasteiger partial charge is 0.496 e. The van der Waals surface area contributed by atoms with Crippen LogP contribution in [0.4, 0.5) is 5.69 Å². The Morgan fingerprint density at radius 2 is 1.95 bits per heavy atom. The number of benzene rings is 2. The average molecular weight is 280 g/mol. The summed E-state index contributed by atoms with van der Waals surface area (Å²) < 4.78 is 5.27. The molecule has 3 aromatic rings. The molecule has 4 nitrogen and oxygen atoms in total. The summed E-state index contributed by atoms with van der Waals surface area (Å²) in [6.45, 7) is 2.00. The first kappa shape index (κ1) is 13.2. The van der Waals surface area contributed by atoms with Crippen LogP contribution in [0.1, 0.15) is 21.5 Å². The average Bonchev–Trinajstić information content (AvgIpc) is 2.89. The Labute approximate surface area is 122 Å². The Hall–Kier alpha value is -2.75. The first-order valence-electron chi connectivity index (χ1n) is 6.66. The maximum absolute atomic E-state index is 12.8. The zero-order valence-corrected chi connectivity index (χ0v) is 11.9. The third kappa shape index (κ3) is 2.25. The molecule has 0 atom stereocenters. The molecular formula is C17H16N2O2. The van der Waals surface area contributed by atoms with Crippen molar-refractivity contribution in [3.63, 3.8) is 0 Å². The number of hydrogen-bond donors (Lipinski definition) is 2. The van der Waals surface area contributed by atoms with Crippen molar-refractivity contribution in [1.29, 1.82) is 0 Å². The predicted octanol–water partition coefficient (Wildman–Crippen LogP) is 3.30. The van der Waals surface area contributed by atoms with Crippen LogP contribution in [0.5, 0.6) is 5.75 Å². The van der Waals surface area contributed by atoms with Crippen LogP contribution >= 0.6 is 0 Å². The number of aryl methyl sites for hydroxylation is 1. The van der Waals surface area contributed by atoms with Gasteiger partial charge in [0.1, 0.15) is 5.75 Å². The second-order valence-electron chi connectivity index (χ2n) is 5.04. The molecule has 0 radical (unpaired) electrons. The maximum Gasteiger partial charge on any atom is 0.198 e. The molecule has 0 bridgehead atoms. The van der Waals surface area contributed by atoms with Crippen LogP contribution in [-0.2, 0) is 0 Å². The molecule has 3 rings (SSSR count). The number of ether oxygens (including phenoxy) is 1. The van der Waals surface area contributed by atoms with E-state index in [1.165, 1.54) is 0 Å². The van der Waals surface area contributed by atoms with Gasteiger partial charge in [-0.15, -0.1) is 0 Å². The van der Waals surface area contributed by atoms with Gasteiger partial charge in [-0.2, -0.15) is 0 Å². The van der Waals surface area contributed by atoms with Gasteiger partial charge in [0.25, 0.3) is 0 Å². The summed E-state index contributed by atoms with van der Waals surface area (Å²) in [6, 6.07) is 11.1. The number of carbonyl (C=O) groups is 1. The lowest BCUT2D eigenvalue weighted by Gasteiger charge is -2.08. The summed E-state index contributed by atoms with van der Waals surface area (Å²) in [4.78, 5) is 15.9. The van der Waals surface area contributed by atoms with Crippen LogP contribution < -0.4 is 10.5 Å². The molecule has 0 aliphatic heterocycles. The van der Waals surface area contributed by atoms with Gasteiger partial charge in [0, 0.05) is 28.4 Å². The highest BCUT2D eigenvalue weighted by atomic mass is 16.5. The van der Waals surface area contributed by atoms with Gasteiger partial charge in [-0.3, -0.25) is 4.79 Å². The lowest BCUT2D eigenvalue weighted by Crippen LogP contribution is -2.04. The van der Waals surface area contributed by atoms with E-state index in [0.717, 1.165) is 16.5 Å². The molecule has 0 aliphatic carbocycles. The third-order valence-corrected chi connectivity index (χ3v) is 3.55. The van der Waals surface area contributed by atoms with E-state index in [-0.39, 0.29) is 5.78 Å². The summed E-state index contributed by atoms with van der Waals surface area (Å²) in [5.74, 6) is 0.423. The van der Waals surface area contributed by atoms with Crippen LogP contribution in [0.2, 0.25) is 0 Å². The van der Waals surface area contributed by atoms with Gasteiger partial charge < -0.3 is 15.5 Å². The number of hydrogen-bond acceptors (Lipinski definition) is 3. The van der Waals surface area contributed by atoms with Gasteiger partial charge >= 0.3 is 0 Å². The van der Waals surface area contributed by atoms with Gasteiger partial charge in [0.05, 0.1) is 12.7 Å². The van der Waals surface area contributed by atoms with Gasteiger partial charge in [0.15, 0.2) is 5.78 Å². The molecule has 0 amide bonds. The van der Waals surface area contributed by atoms with E-state index in [1.54, 1.807) is 31.5 Å². The number of anilines is 1. The molecule has 3 N–H and O–H groups in total. The summed E-state index contributed by atoms with van der Waals surface area (Å²) in [5.41, 5.74) is 9.47. The molecule has 1 aromatic heterocycles. The summed E-state index contributed by atoms with van der Waals surface area (Å²) >= 11 is 0. The number of fused-ring (bicyclic) bond motifs is 1. The first-order chi connectivity index (χ1) is 10.1. The fraction of sp³-hybridized carbons (Fsp3) is 0.118. The van der Waals surface area contributed by atoms with E-state index in [1.807, 2.05) is 25.1 Å². The Morgan fingerprint density at radius 1 is 1.14 bits per heavy atom. The summed E-state index contributed by atoms with van der Waals surface area (Å²) in [5, 5.41) is 0.907. The Kier molecular flexibility index (Phi) is 3.14. The number of aromatic amines is 1. The predicted molar refractivity (Wildman–Crippen MR) is 83.9 cm³/mol. The highest BCUT2D eigenvalue weighted by Gasteiger charge is 2.18. The Bertz CT molecular complexity index is 834. The Balaban J connectivity index is 2.17. The number of rotatable bonds is 3. The van der Waals surface area contributed by atoms with E-state index in [0.29, 0.717) is 22.6 Å². The zero-order chi connectivity index (χ0) is 15.0. The third-order valence-electron chi connectivity index (χ3n) is 3.55. The van der Waals surface area contributed by atoms with Crippen molar-refractivity contribution in [2.24, 2.45) is 0 Å². The van der Waals surface area contributed by atoms with E-state index < -0.39 is 0 Å². The normalized spacial score (nSPS) is 10.8. The first-order valence-corrected chi connectivity index (χ1v) is 6.66. The van der Waals surface area contributed by atoms with Gasteiger partial charge in [0.2, 0.25) is 0 Å². The van der Waals surface area contributed by atoms with Crippen LogP contribution in [0, 0.1) is 6.92 Å². The number of methoxy groups -OCH3 is 1. The van der Waals surface area contributed by atoms with Crippen molar-refractivity contribution in [1.82, 2.24) is 4.98 Å². The fourth-order valence-electron chi connectivity index (χ4n) is 2.47. The number of ketones is 1. The van der Waals surface area contributed by atoms with Crippen molar-refractivity contribution in [2.75, 3.05) is 12.8 Å². The number of nitrogen functional groups attached to an aromatic ring is 1. The second-order valence-corrected chi connectivity index (χ2v) is 5.04. The van der Waals surface area contributed by atoms with Crippen molar-refractivity contribution in [3.8, 4) is 5.75 Å². The van der Waals surface area contributed by atoms with Crippen molar-refractivity contribution in [2.45, 2.75) is 6.92 Å². The van der Waals surface area contributed by atoms with Gasteiger partial charge in [-0.05, 0) is 37.3 Å². The van der Waals surface area contributed by atoms with Crippen LogP contribution in [0.25, 0.3) is 10.9 Å². The minimum absolute atomic E-state index is 0.101. The van der Waals surface area contributed by atoms with E-state index in [4.69, 9.17) is 10.5 Å². The van der Waals surface area contributed by atoms with E-state index in [9.17, 15) is 4.79 Å². The minimum atomic E-state index is -0.101. The molecule has 0 saturated heterocycles. The van der Waals surface area contributed by atoms with E-state index in [2.05, 4.69) is 4.98 Å². The molecular weight excluding hydrogens is 264 g/mol. The molecule has 0 aliphatic rings. The summed E-state index contributed by atoms with van der Waals surface area (Å²) in [7, 11) is 1.54. The number of H-pyrrole nitrogens is 1. The standard InChI is InChI=1S/C17H16N2O2/c1-10-3-5-15-12(7-10)14(9-19-15)17(20)13-8-11(18)4-6-16(13)21-2/h3-9,19H,18H2,1-2H3. The minimum Gasteiger partial charge on any atom is -0.496 e. The zero-order valence-electron chi connectivity index (χ0n) is 11.9. The number of nitrogens with two attached hydrogens (primary N) is 1. The lowest BCUT2D eigenvalue weighted by atomic mass is 10.0. The molecule has 1 heterocycles. The van der Waals surface area contributed by atoms with Crippen molar-refractivity contribution < 1.29 is 9.53 Å². The second kappa shape index (κ2) is 4.98. The molecule has 0 unspecified atom stereocenters. The molecule has 0 saturated carbocycles. The molecule has 21 heavy (non-hydrogen) atoms. The van der Waals surface area contributed by atoms with Crippen LogP contribution in [0.3, 0.4) is 0 Å². The SMILES string of the molecule is COc1ccc(N)cc1C(=O)c1c[nH]c2ccc(C)cc12. The van der Waals surface area contributed by atoms with Crippen molar-refractivity contribution >= 4 is 22.4 Å². The van der Waals surface area contributed by atoms with Gasteiger partial charge in [-0.1, -0.05) is 11.6 Å². The topological polar surface area (TPSA) is 68.1 Å². The monoisotopic (exact) mass is 280 g/mol. The number of aromatic nitrogens is 1. The highest BCUT2D eigenvalue weighted by Crippen LogP contribution is 2.28. The van der Waals surface area contributed by atoms with Crippen molar-refractivity contribution in [3.05, 3.63) is 59.3 Å². The molecule has 0 spiro atoms.